The van der Waals surface area contributed by atoms with Crippen LogP contribution in [0.2, 0.25) is 0 Å². The minimum absolute atomic E-state index is 1.10. The van der Waals surface area contributed by atoms with E-state index in [-0.39, 0.29) is 0 Å². The highest BCUT2D eigenvalue weighted by Gasteiger charge is 2.61. The van der Waals surface area contributed by atoms with Crippen molar-refractivity contribution in [3.63, 3.8) is 0 Å². The molecule has 0 spiro atoms. The Morgan fingerprint density at radius 1 is 0.224 bits per heavy atom. The molecule has 0 saturated heterocycles. The van der Waals surface area contributed by atoms with Crippen LogP contribution in [0, 0.1) is 0 Å². The molecule has 116 heavy (non-hydrogen) atoms. The van der Waals surface area contributed by atoms with Gasteiger partial charge in [0.2, 0.25) is 0 Å². The lowest BCUT2D eigenvalue weighted by Crippen LogP contribution is -2.95. The first-order chi connectivity index (χ1) is 55.4. The number of para-hydroxylation sites is 2. The van der Waals surface area contributed by atoms with Crippen LogP contribution in [0.3, 0.4) is 0 Å². The third-order valence-electron chi connectivity index (χ3n) is 23.4. The second-order valence-electron chi connectivity index (χ2n) is 30.7. The van der Waals surface area contributed by atoms with E-state index in [9.17, 15) is 0 Å². The van der Waals surface area contributed by atoms with Gasteiger partial charge in [0.1, 0.15) is 0 Å². The molecular formula is C60H44B53N2Si. The van der Waals surface area contributed by atoms with Gasteiger partial charge in [-0.05, 0) is 115 Å². The second kappa shape index (κ2) is 43.0. The van der Waals surface area contributed by atoms with Gasteiger partial charge in [0.05, 0.1) is 0 Å². The Labute approximate surface area is 742 Å². The molecule has 10 aromatic carbocycles. The quantitative estimate of drug-likeness (QED) is 0.0371. The smallest absolute Gasteiger partial charge is 0.184 e. The summed E-state index contributed by atoms with van der Waals surface area (Å²) in [7, 11) is 173. The van der Waals surface area contributed by atoms with Crippen molar-refractivity contribution in [3.05, 3.63) is 267 Å². The van der Waals surface area contributed by atoms with E-state index in [1.165, 1.54) is 72.6 Å². The Morgan fingerprint density at radius 2 is 0.474 bits per heavy atom. The SMILES string of the molecule is [B][B]B(B([B])[B])B(B(B([B])[B])B([B])[B])B(B(B([B])[B])B([B])[B])B(B(B(B([B])[B])B([B])[B])B(B([B])[B])B([B])[B])B(B(B([B])[B])B([B])[B])B(B([B])[B])B([B])[B].c1ccc(-c2ccc(N(c3ccc(-c4ccccc4)cc3)c3ccc(-c4ccc5c(c4)[Si](c4ccccc4)(c4ccccc4)c4ccccc4N5c4ccccc4)cc3)cc2)cc1. The number of fused-ring (bicyclic) bond motifs is 2. The van der Waals surface area contributed by atoms with Crippen molar-refractivity contribution in [2.75, 3.05) is 9.80 Å². The summed E-state index contributed by atoms with van der Waals surface area (Å²) < 4.78 is 0. The molecule has 11 rings (SSSR count). The minimum atomic E-state index is -2.84. The molecule has 1 aliphatic rings. The van der Waals surface area contributed by atoms with Crippen molar-refractivity contribution in [2.45, 2.75) is 0 Å². The summed E-state index contributed by atoms with van der Waals surface area (Å²) in [5.74, 6) is 0. The normalized spacial score (nSPS) is 11.2. The van der Waals surface area contributed by atoms with Crippen LogP contribution in [0.5, 0.6) is 0 Å². The van der Waals surface area contributed by atoms with Gasteiger partial charge in [-0.1, -0.05) is 206 Å². The number of hydrogen-bond acceptors (Lipinski definition) is 2. The monoisotopic (exact) mass is 1400 g/mol. The highest BCUT2D eigenvalue weighted by molar-refractivity contribution is 8.36. The van der Waals surface area contributed by atoms with Crippen LogP contribution in [-0.4, -0.2) is 384 Å². The second-order valence-corrected chi connectivity index (χ2v) is 34.5. The molecule has 10 aromatic rings. The van der Waals surface area contributed by atoms with E-state index >= 15 is 0 Å². The Balaban J connectivity index is 0.000000250. The maximum absolute atomic E-state index is 6.56. The number of nitrogens with zero attached hydrogens (tertiary/aromatic N) is 2. The molecule has 457 valence electrons. The summed E-state index contributed by atoms with van der Waals surface area (Å²) >= 11 is 0. The number of hydrogen-bond donors (Lipinski definition) is 0. The zero-order valence-corrected chi connectivity index (χ0v) is 66.4. The summed E-state index contributed by atoms with van der Waals surface area (Å²) in [6, 6.07) is 97.8. The fraction of sp³-hybridized carbons (Fsp3) is 0. The van der Waals surface area contributed by atoms with Crippen LogP contribution in [-0.2, 0) is 0 Å². The molecule has 0 N–H and O–H groups in total. The summed E-state index contributed by atoms with van der Waals surface area (Å²) in [6.45, 7) is 0. The highest BCUT2D eigenvalue weighted by atomic mass is 28.3. The van der Waals surface area contributed by atoms with E-state index in [1.54, 1.807) is 0 Å². The van der Waals surface area contributed by atoms with Crippen LogP contribution >= 0.6 is 0 Å². The lowest BCUT2D eigenvalue weighted by atomic mass is 8.24. The number of anilines is 6. The highest BCUT2D eigenvalue weighted by Crippen LogP contribution is 2.42. The Bertz CT molecular complexity index is 4390. The number of rotatable bonds is 34. The van der Waals surface area contributed by atoms with Crippen LogP contribution < -0.4 is 30.5 Å². The van der Waals surface area contributed by atoms with Crippen LogP contribution in [0.25, 0.3) is 33.4 Å². The lowest BCUT2D eigenvalue weighted by molar-refractivity contribution is 1.28. The largest absolute Gasteiger partial charge is 0.311 e. The molecule has 2 nitrogen and oxygen atoms in total. The molecule has 0 aromatic heterocycles. The van der Waals surface area contributed by atoms with E-state index in [0.717, 1.165) is 22.7 Å². The molecule has 1 aliphatic heterocycles. The van der Waals surface area contributed by atoms with Gasteiger partial charge in [0.25, 0.3) is 0 Å². The topological polar surface area (TPSA) is 6.48 Å². The van der Waals surface area contributed by atoms with E-state index in [2.05, 4.69) is 277 Å². The molecule has 1 heterocycles. The number of benzene rings is 10. The maximum Gasteiger partial charge on any atom is 0.184 e. The molecule has 0 bridgehead atoms. The van der Waals surface area contributed by atoms with E-state index in [1.807, 2.05) is 0 Å². The third kappa shape index (κ3) is 21.0. The van der Waals surface area contributed by atoms with Crippen molar-refractivity contribution in [3.8, 4) is 33.4 Å². The fourth-order valence-corrected chi connectivity index (χ4v) is 23.7. The van der Waals surface area contributed by atoms with Gasteiger partial charge in [-0.15, -0.1) is 0 Å². The van der Waals surface area contributed by atoms with Crippen LogP contribution in [0.15, 0.2) is 267 Å². The van der Waals surface area contributed by atoms with Gasteiger partial charge >= 0.3 is 0 Å². The summed E-state index contributed by atoms with van der Waals surface area (Å²) in [4.78, 5) is 4.83. The summed E-state index contributed by atoms with van der Waals surface area (Å²) in [5.41, 5.74) is 14.1. The van der Waals surface area contributed by atoms with Crippen LogP contribution in [0.1, 0.15) is 0 Å². The predicted octanol–water partition coefficient (Wildman–Crippen LogP) is -6.86. The standard InChI is InChI=1S/C60H44N2Si.B53/c1-6-18-45(19-7-1)47-30-37-52(38-31-47)61(53-39-32-48(33-40-53)46-20-8-2-9-21-46)54-41-34-49(35-42-54)50-36-43-58-60(44-50)63(55-24-12-4-13-25-55,56-26-14-5-15-27-56)59-29-17-16-28-57(59)62(58)51-22-10-3-11-23-51;1-28-42(29(2)3)49(43(30(4)5)31(6)7)52(48(40(24)25)41(26)27)53(50(44(32(8)9)33(10)11)45(34(12)13)35(14)15)51(46(36(16)17)37(18)19)47(38(20)21)39(22)23/h1-44H;. The fourth-order valence-electron chi connectivity index (χ4n) is 18.6. The van der Waals surface area contributed by atoms with Crippen molar-refractivity contribution in [1.29, 1.82) is 0 Å². The Morgan fingerprint density at radius 3 is 0.793 bits per heavy atom. The van der Waals surface area contributed by atoms with Gasteiger partial charge in [-0.2, -0.15) is 0 Å². The maximum atomic E-state index is 6.56. The van der Waals surface area contributed by atoms with Crippen molar-refractivity contribution in [1.82, 2.24) is 0 Å². The molecule has 0 aliphatic carbocycles. The average molecular weight is 1390 g/mol. The van der Waals surface area contributed by atoms with Crippen LogP contribution in [0.4, 0.5) is 34.1 Å². The van der Waals surface area contributed by atoms with Gasteiger partial charge in [0.15, 0.2) is 8.07 Å². The molecule has 0 atom stereocenters. The molecule has 56 heteroatoms. The van der Waals surface area contributed by atoms with E-state index in [0.29, 0.717) is 0 Å². The van der Waals surface area contributed by atoms with E-state index < -0.39 is 168 Å². The summed E-state index contributed by atoms with van der Waals surface area (Å²) in [5, 5.41) is 5.51. The van der Waals surface area contributed by atoms with Crippen molar-refractivity contribution >= 4 is 439 Å². The first-order valence-corrected chi connectivity index (χ1v) is 41.0. The third-order valence-corrected chi connectivity index (χ3v) is 28.3. The Hall–Kier alpha value is -4.54. The molecule has 0 fully saturated rings. The molecule has 0 saturated carbocycles. The molecule has 0 amide bonds. The Kier molecular flexibility index (Phi) is 34.7. The predicted molar refractivity (Wildman–Crippen MR) is 574 cm³/mol. The lowest BCUT2D eigenvalue weighted by Gasteiger charge is -2.57. The van der Waals surface area contributed by atoms with Crippen molar-refractivity contribution in [2.24, 2.45) is 0 Å². The van der Waals surface area contributed by atoms with Gasteiger partial charge in [-0.3, -0.25) is 0 Å². The van der Waals surface area contributed by atoms with E-state index in [4.69, 9.17) is 209 Å². The average Bonchev–Trinajstić information content (AvgIpc) is 0.696. The zero-order valence-electron chi connectivity index (χ0n) is 65.4. The first kappa shape index (κ1) is 93.7. The molecule has 55 radical (unpaired) electrons. The van der Waals surface area contributed by atoms with Gasteiger partial charge in [0, 0.05) is 410 Å². The zero-order chi connectivity index (χ0) is 84.1. The molecule has 0 unspecified atom stereocenters. The first-order valence-electron chi connectivity index (χ1n) is 39.0. The van der Waals surface area contributed by atoms with Crippen molar-refractivity contribution < 1.29 is 0 Å². The minimum Gasteiger partial charge on any atom is -0.311 e. The van der Waals surface area contributed by atoms with Gasteiger partial charge < -0.3 is 9.80 Å². The van der Waals surface area contributed by atoms with Gasteiger partial charge in [-0.25, -0.2) is 0 Å². The summed E-state index contributed by atoms with van der Waals surface area (Å²) in [6.07, 6.45) is -32.6. The molecular weight excluding hydrogens is 1350 g/mol.